The number of nitrogens with zero attached hydrogens (tertiary/aromatic N) is 3. The average Bonchev–Trinajstić information content (AvgIpc) is 2.89. The maximum Gasteiger partial charge on any atom is 0.159 e. The van der Waals surface area contributed by atoms with Crippen LogP contribution in [0.1, 0.15) is 1.37 Å². The number of hydrogen-bond donors (Lipinski definition) is 0. The van der Waals surface area contributed by atoms with Gasteiger partial charge >= 0.3 is 0 Å². The first-order valence-electron chi connectivity index (χ1n) is 11.1. The van der Waals surface area contributed by atoms with Gasteiger partial charge in [0.05, 0.1) is 12.6 Å². The predicted molar refractivity (Wildman–Crippen MR) is 131 cm³/mol. The molecular weight excluding hydrogens is 390 g/mol. The molecule has 0 spiro atoms. The Kier molecular flexibility index (Phi) is 4.17. The summed E-state index contributed by atoms with van der Waals surface area (Å²) in [5.74, 6) is 0.646. The van der Waals surface area contributed by atoms with Crippen molar-refractivity contribution in [1.82, 2.24) is 15.0 Å². The fourth-order valence-electron chi connectivity index (χ4n) is 4.04. The van der Waals surface area contributed by atoms with Crippen molar-refractivity contribution in [2.75, 3.05) is 0 Å². The number of rotatable bonds is 3. The number of fused-ring (bicyclic) bond motifs is 3. The van der Waals surface area contributed by atoms with E-state index in [0.29, 0.717) is 11.9 Å². The molecular formula is C29H19N3. The first-order valence-corrected chi connectivity index (χ1v) is 10.6. The summed E-state index contributed by atoms with van der Waals surface area (Å²) in [5, 5.41) is 1.70. The lowest BCUT2D eigenvalue weighted by Crippen LogP contribution is -1.95. The van der Waals surface area contributed by atoms with Crippen LogP contribution in [-0.4, -0.2) is 15.0 Å². The molecule has 6 aromatic rings. The molecule has 0 aliphatic carbocycles. The van der Waals surface area contributed by atoms with Crippen LogP contribution in [0.2, 0.25) is 0 Å². The molecule has 0 saturated carbocycles. The van der Waals surface area contributed by atoms with Crippen molar-refractivity contribution in [3.8, 4) is 33.8 Å². The van der Waals surface area contributed by atoms with Crippen molar-refractivity contribution >= 4 is 21.8 Å². The van der Waals surface area contributed by atoms with Gasteiger partial charge in [0.1, 0.15) is 5.52 Å². The summed E-state index contributed by atoms with van der Waals surface area (Å²) < 4.78 is 8.82. The fraction of sp³-hybridized carbons (Fsp3) is 0. The second-order valence-corrected chi connectivity index (χ2v) is 7.66. The Morgan fingerprint density at radius 1 is 0.594 bits per heavy atom. The first-order chi connectivity index (χ1) is 16.3. The van der Waals surface area contributed by atoms with Gasteiger partial charge < -0.3 is 0 Å². The smallest absolute Gasteiger partial charge is 0.159 e. The third-order valence-corrected chi connectivity index (χ3v) is 5.63. The number of aromatic nitrogens is 3. The van der Waals surface area contributed by atoms with Crippen LogP contribution in [0.25, 0.3) is 55.6 Å². The van der Waals surface area contributed by atoms with Crippen molar-refractivity contribution in [2.45, 2.75) is 0 Å². The first kappa shape index (κ1) is 17.3. The summed E-state index contributed by atoms with van der Waals surface area (Å²) in [6.45, 7) is 0. The Bertz CT molecular complexity index is 1600. The van der Waals surface area contributed by atoms with Gasteiger partial charge in [-0.15, -0.1) is 0 Å². The summed E-state index contributed by atoms with van der Waals surface area (Å²) in [6.07, 6.45) is 1.88. The molecule has 32 heavy (non-hydrogen) atoms. The van der Waals surface area contributed by atoms with E-state index >= 15 is 0 Å². The summed E-state index contributed by atoms with van der Waals surface area (Å²) in [6, 6.07) is 34.4. The lowest BCUT2D eigenvalue weighted by molar-refractivity contribution is 1.23. The molecule has 0 N–H and O–H groups in total. The van der Waals surface area contributed by atoms with Crippen molar-refractivity contribution in [2.24, 2.45) is 0 Å². The number of pyridine rings is 1. The lowest BCUT2D eigenvalue weighted by atomic mass is 9.98. The fourth-order valence-corrected chi connectivity index (χ4v) is 4.04. The molecule has 3 nitrogen and oxygen atoms in total. The SMILES string of the molecule is [2H]c1cc(-c2ccccc2)nc2c1cc(-c1ccccc1)c1cnc(-c3ccccc3)nc12. The minimum absolute atomic E-state index is 0.429. The van der Waals surface area contributed by atoms with E-state index < -0.39 is 0 Å². The molecule has 0 amide bonds. The molecule has 0 aliphatic rings. The highest BCUT2D eigenvalue weighted by Crippen LogP contribution is 2.35. The van der Waals surface area contributed by atoms with Crippen LogP contribution < -0.4 is 0 Å². The van der Waals surface area contributed by atoms with Gasteiger partial charge in [0.2, 0.25) is 0 Å². The summed E-state index contributed by atoms with van der Waals surface area (Å²) >= 11 is 0. The second-order valence-electron chi connectivity index (χ2n) is 7.66. The Balaban J connectivity index is 1.71. The van der Waals surface area contributed by atoms with Gasteiger partial charge in [-0.05, 0) is 23.3 Å². The van der Waals surface area contributed by atoms with Gasteiger partial charge in [-0.3, -0.25) is 0 Å². The lowest BCUT2D eigenvalue weighted by Gasteiger charge is -2.12. The highest BCUT2D eigenvalue weighted by Gasteiger charge is 2.14. The van der Waals surface area contributed by atoms with Gasteiger partial charge in [-0.1, -0.05) is 97.0 Å². The van der Waals surface area contributed by atoms with E-state index in [1.54, 1.807) is 0 Å². The molecule has 0 saturated heterocycles. The molecule has 150 valence electrons. The Hall–Kier alpha value is -4.37. The standard InChI is InChI=1S/C29H19N3/c1-4-10-20(11-5-1)24-18-23-16-17-26(21-12-6-2-7-13-21)31-27(23)28-25(24)19-30-29(32-28)22-14-8-3-9-15-22/h1-19H/i16D. The minimum Gasteiger partial charge on any atom is -0.245 e. The Labute approximate surface area is 187 Å². The summed E-state index contributed by atoms with van der Waals surface area (Å²) in [7, 11) is 0. The number of benzene rings is 4. The third-order valence-electron chi connectivity index (χ3n) is 5.63. The van der Waals surface area contributed by atoms with E-state index in [0.717, 1.165) is 49.8 Å². The van der Waals surface area contributed by atoms with E-state index in [-0.39, 0.29) is 0 Å². The molecule has 2 aromatic heterocycles. The van der Waals surface area contributed by atoms with Crippen LogP contribution in [0.4, 0.5) is 0 Å². The second kappa shape index (κ2) is 7.71. The predicted octanol–water partition coefficient (Wildman–Crippen LogP) is 7.18. The molecule has 0 unspecified atom stereocenters. The highest BCUT2D eigenvalue weighted by atomic mass is 14.9. The van der Waals surface area contributed by atoms with Gasteiger partial charge in [0.25, 0.3) is 0 Å². The molecule has 0 atom stereocenters. The van der Waals surface area contributed by atoms with Gasteiger partial charge in [-0.2, -0.15) is 0 Å². The molecule has 0 aliphatic heterocycles. The zero-order valence-electron chi connectivity index (χ0n) is 18.2. The normalized spacial score (nSPS) is 11.6. The maximum atomic E-state index is 8.82. The van der Waals surface area contributed by atoms with Crippen LogP contribution in [0.5, 0.6) is 0 Å². The van der Waals surface area contributed by atoms with Crippen LogP contribution in [0.3, 0.4) is 0 Å². The van der Waals surface area contributed by atoms with Crippen LogP contribution in [-0.2, 0) is 0 Å². The molecule has 3 heteroatoms. The van der Waals surface area contributed by atoms with Crippen molar-refractivity contribution in [1.29, 1.82) is 0 Å². The van der Waals surface area contributed by atoms with Gasteiger partial charge in [-0.25, -0.2) is 15.0 Å². The van der Waals surface area contributed by atoms with E-state index in [9.17, 15) is 0 Å². The van der Waals surface area contributed by atoms with Gasteiger partial charge in [0.15, 0.2) is 5.82 Å². The minimum atomic E-state index is 0.429. The van der Waals surface area contributed by atoms with E-state index in [2.05, 4.69) is 17.1 Å². The molecule has 0 fully saturated rings. The molecule has 4 aromatic carbocycles. The summed E-state index contributed by atoms with van der Waals surface area (Å²) in [4.78, 5) is 14.7. The zero-order valence-corrected chi connectivity index (χ0v) is 17.2. The maximum absolute atomic E-state index is 8.82. The average molecular weight is 410 g/mol. The van der Waals surface area contributed by atoms with Crippen molar-refractivity contribution < 1.29 is 1.37 Å². The Morgan fingerprint density at radius 3 is 1.91 bits per heavy atom. The monoisotopic (exact) mass is 410 g/mol. The van der Waals surface area contributed by atoms with Crippen molar-refractivity contribution in [3.05, 3.63) is 115 Å². The molecule has 0 bridgehead atoms. The van der Waals surface area contributed by atoms with Crippen molar-refractivity contribution in [3.63, 3.8) is 0 Å². The van der Waals surface area contributed by atoms with E-state index in [4.69, 9.17) is 11.3 Å². The van der Waals surface area contributed by atoms with E-state index in [1.165, 1.54) is 0 Å². The largest absolute Gasteiger partial charge is 0.245 e. The quantitative estimate of drug-likeness (QED) is 0.290. The van der Waals surface area contributed by atoms with Crippen LogP contribution in [0, 0.1) is 0 Å². The van der Waals surface area contributed by atoms with Crippen LogP contribution in [0.15, 0.2) is 115 Å². The zero-order chi connectivity index (χ0) is 22.2. The topological polar surface area (TPSA) is 38.7 Å². The third kappa shape index (κ3) is 3.21. The molecule has 6 rings (SSSR count). The number of hydrogen-bond acceptors (Lipinski definition) is 3. The molecule has 0 radical (unpaired) electrons. The molecule has 2 heterocycles. The summed E-state index contributed by atoms with van der Waals surface area (Å²) in [5.41, 5.74) is 6.23. The Morgan fingerprint density at radius 2 is 1.22 bits per heavy atom. The van der Waals surface area contributed by atoms with Crippen LogP contribution >= 0.6 is 0 Å². The highest BCUT2D eigenvalue weighted by molar-refractivity contribution is 6.10. The van der Waals surface area contributed by atoms with E-state index in [1.807, 2.05) is 97.2 Å². The van der Waals surface area contributed by atoms with Gasteiger partial charge in [0, 0.05) is 28.1 Å².